The van der Waals surface area contributed by atoms with Crippen molar-refractivity contribution < 1.29 is 4.74 Å². The minimum atomic E-state index is -0.0955. The molecule has 0 bridgehead atoms. The van der Waals surface area contributed by atoms with Crippen LogP contribution in [0.25, 0.3) is 0 Å². The zero-order valence-corrected chi connectivity index (χ0v) is 11.8. The molecule has 1 aromatic carbocycles. The lowest BCUT2D eigenvalue weighted by Gasteiger charge is -2.14. The molecule has 0 fully saturated rings. The molecule has 0 saturated carbocycles. The van der Waals surface area contributed by atoms with Crippen LogP contribution in [0.2, 0.25) is 0 Å². The molecular formula is C11H12BrCl2NO. The highest BCUT2D eigenvalue weighted by Gasteiger charge is 2.09. The maximum absolute atomic E-state index is 5.83. The molecule has 0 aromatic heterocycles. The lowest BCUT2D eigenvalue weighted by Crippen LogP contribution is -2.08. The van der Waals surface area contributed by atoms with Crippen molar-refractivity contribution >= 4 is 39.1 Å². The minimum absolute atomic E-state index is 0.0955. The topological polar surface area (TPSA) is 35.2 Å². The molecule has 0 amide bonds. The first kappa shape index (κ1) is 13.8. The van der Waals surface area contributed by atoms with Crippen LogP contribution in [0.5, 0.6) is 5.75 Å². The molecule has 1 aromatic rings. The number of hydrogen-bond donors (Lipinski definition) is 1. The second-order valence-electron chi connectivity index (χ2n) is 3.32. The molecule has 0 unspecified atom stereocenters. The fourth-order valence-electron chi connectivity index (χ4n) is 1.19. The van der Waals surface area contributed by atoms with E-state index in [9.17, 15) is 0 Å². The van der Waals surface area contributed by atoms with Crippen molar-refractivity contribution in [1.29, 1.82) is 0 Å². The Kier molecular flexibility index (Phi) is 5.62. The molecule has 0 aliphatic heterocycles. The molecular weight excluding hydrogens is 313 g/mol. The van der Waals surface area contributed by atoms with Gasteiger partial charge < -0.3 is 10.5 Å². The molecule has 0 aliphatic rings. The average molecular weight is 325 g/mol. The van der Waals surface area contributed by atoms with E-state index in [1.165, 1.54) is 5.54 Å². The summed E-state index contributed by atoms with van der Waals surface area (Å²) in [6.07, 6.45) is 0. The maximum atomic E-state index is 5.83. The van der Waals surface area contributed by atoms with Crippen LogP contribution < -0.4 is 10.5 Å². The highest BCUT2D eigenvalue weighted by atomic mass is 79.9. The van der Waals surface area contributed by atoms with E-state index in [0.29, 0.717) is 10.8 Å². The molecule has 0 aliphatic carbocycles. The van der Waals surface area contributed by atoms with Crippen LogP contribution in [-0.2, 0) is 0 Å². The molecule has 0 heterocycles. The average Bonchev–Trinajstić information content (AvgIpc) is 2.25. The number of rotatable bonds is 4. The van der Waals surface area contributed by atoms with Gasteiger partial charge in [0.25, 0.3) is 0 Å². The van der Waals surface area contributed by atoms with Gasteiger partial charge in [0, 0.05) is 21.6 Å². The van der Waals surface area contributed by atoms with E-state index >= 15 is 0 Å². The third-order valence-corrected chi connectivity index (χ3v) is 3.04. The Bertz CT molecular complexity index is 394. The zero-order chi connectivity index (χ0) is 12.1. The largest absolute Gasteiger partial charge is 0.488 e. The van der Waals surface area contributed by atoms with Gasteiger partial charge in [0.2, 0.25) is 0 Å². The van der Waals surface area contributed by atoms with E-state index in [2.05, 4.69) is 15.9 Å². The highest BCUT2D eigenvalue weighted by molar-refractivity contribution is 9.10. The molecule has 1 atom stereocenters. The second-order valence-corrected chi connectivity index (χ2v) is 4.93. The van der Waals surface area contributed by atoms with Crippen molar-refractivity contribution in [3.05, 3.63) is 38.8 Å². The Morgan fingerprint density at radius 3 is 2.88 bits per heavy atom. The third kappa shape index (κ3) is 3.98. The molecule has 88 valence electrons. The van der Waals surface area contributed by atoms with E-state index in [0.717, 1.165) is 10.0 Å². The van der Waals surface area contributed by atoms with E-state index in [4.69, 9.17) is 33.7 Å². The maximum Gasteiger partial charge on any atom is 0.125 e. The number of halogens is 3. The summed E-state index contributed by atoms with van der Waals surface area (Å²) >= 11 is 14.6. The highest BCUT2D eigenvalue weighted by Crippen LogP contribution is 2.28. The number of ether oxygens (including phenoxy) is 1. The molecule has 16 heavy (non-hydrogen) atoms. The van der Waals surface area contributed by atoms with Crippen LogP contribution >= 0.6 is 39.1 Å². The Morgan fingerprint density at radius 2 is 2.31 bits per heavy atom. The van der Waals surface area contributed by atoms with Crippen LogP contribution in [0.4, 0.5) is 0 Å². The Hall–Kier alpha value is -0.220. The van der Waals surface area contributed by atoms with Crippen LogP contribution in [0.1, 0.15) is 18.5 Å². The predicted molar refractivity (Wildman–Crippen MR) is 72.0 cm³/mol. The predicted octanol–water partition coefficient (Wildman–Crippen LogP) is 4.17. The second kappa shape index (κ2) is 6.50. The van der Waals surface area contributed by atoms with Gasteiger partial charge in [-0.15, -0.1) is 0 Å². The molecule has 2 N–H and O–H groups in total. The molecule has 2 nitrogen and oxygen atoms in total. The summed E-state index contributed by atoms with van der Waals surface area (Å²) in [5, 5.41) is 0.442. The lowest BCUT2D eigenvalue weighted by molar-refractivity contribution is 0.353. The van der Waals surface area contributed by atoms with Gasteiger partial charge in [-0.1, -0.05) is 45.2 Å². The van der Waals surface area contributed by atoms with Gasteiger partial charge >= 0.3 is 0 Å². The number of benzene rings is 1. The first-order chi connectivity index (χ1) is 7.54. The van der Waals surface area contributed by atoms with Gasteiger partial charge in [-0.25, -0.2) is 0 Å². The minimum Gasteiger partial charge on any atom is -0.488 e. The van der Waals surface area contributed by atoms with E-state index in [1.54, 1.807) is 0 Å². The van der Waals surface area contributed by atoms with Crippen molar-refractivity contribution in [2.45, 2.75) is 13.0 Å². The first-order valence-electron chi connectivity index (χ1n) is 4.67. The van der Waals surface area contributed by atoms with Crippen molar-refractivity contribution in [1.82, 2.24) is 0 Å². The fourth-order valence-corrected chi connectivity index (χ4v) is 1.65. The fraction of sp³-hybridized carbons (Fsp3) is 0.273. The van der Waals surface area contributed by atoms with Crippen molar-refractivity contribution in [2.75, 3.05) is 6.61 Å². The summed E-state index contributed by atoms with van der Waals surface area (Å²) in [5.41, 5.74) is 8.05. The summed E-state index contributed by atoms with van der Waals surface area (Å²) in [7, 11) is 0. The first-order valence-corrected chi connectivity index (χ1v) is 6.28. The smallest absolute Gasteiger partial charge is 0.125 e. The molecule has 1 rings (SSSR count). The van der Waals surface area contributed by atoms with Crippen molar-refractivity contribution in [2.24, 2.45) is 5.73 Å². The van der Waals surface area contributed by atoms with Gasteiger partial charge in [0.15, 0.2) is 0 Å². The van der Waals surface area contributed by atoms with Gasteiger partial charge in [-0.3, -0.25) is 0 Å². The summed E-state index contributed by atoms with van der Waals surface area (Å²) in [6, 6.07) is 5.60. The van der Waals surface area contributed by atoms with Crippen molar-refractivity contribution in [3.63, 3.8) is 0 Å². The zero-order valence-electron chi connectivity index (χ0n) is 8.71. The Morgan fingerprint density at radius 1 is 1.62 bits per heavy atom. The van der Waals surface area contributed by atoms with E-state index in [-0.39, 0.29) is 12.6 Å². The van der Waals surface area contributed by atoms with Crippen LogP contribution in [0.3, 0.4) is 0 Å². The van der Waals surface area contributed by atoms with E-state index in [1.807, 2.05) is 25.1 Å². The van der Waals surface area contributed by atoms with Gasteiger partial charge in [-0.2, -0.15) is 0 Å². The van der Waals surface area contributed by atoms with Crippen LogP contribution in [0.15, 0.2) is 33.2 Å². The van der Waals surface area contributed by atoms with Gasteiger partial charge in [0.1, 0.15) is 12.4 Å². The van der Waals surface area contributed by atoms with Crippen molar-refractivity contribution in [3.8, 4) is 5.75 Å². The molecule has 0 spiro atoms. The normalized spacial score (nSPS) is 13.7. The van der Waals surface area contributed by atoms with E-state index < -0.39 is 0 Å². The third-order valence-electron chi connectivity index (χ3n) is 1.95. The Balaban J connectivity index is 2.88. The summed E-state index contributed by atoms with van der Waals surface area (Å²) < 4.78 is 6.47. The Labute approximate surface area is 113 Å². The summed E-state index contributed by atoms with van der Waals surface area (Å²) in [5.74, 6) is 0.709. The van der Waals surface area contributed by atoms with Crippen LogP contribution in [-0.4, -0.2) is 6.61 Å². The molecule has 5 heteroatoms. The lowest BCUT2D eigenvalue weighted by atomic mass is 10.1. The van der Waals surface area contributed by atoms with Gasteiger partial charge in [-0.05, 0) is 19.1 Å². The quantitative estimate of drug-likeness (QED) is 0.902. The van der Waals surface area contributed by atoms with Gasteiger partial charge in [0.05, 0.1) is 5.03 Å². The molecule has 0 radical (unpaired) electrons. The summed E-state index contributed by atoms with van der Waals surface area (Å²) in [6.45, 7) is 2.14. The SMILES string of the molecule is C[C@H](N)c1ccc(Br)cc1OC/C(Cl)=C/Cl. The standard InChI is InChI=1S/C11H12BrCl2NO/c1-7(15)10-3-2-8(12)4-11(10)16-6-9(14)5-13/h2-5,7H,6,15H2,1H3/b9-5-/t7-/m0/s1. The summed E-state index contributed by atoms with van der Waals surface area (Å²) in [4.78, 5) is 0. The number of nitrogens with two attached hydrogens (primary N) is 1. The number of hydrogen-bond acceptors (Lipinski definition) is 2. The monoisotopic (exact) mass is 323 g/mol. The molecule has 0 saturated heterocycles. The van der Waals surface area contributed by atoms with Crippen LogP contribution in [0, 0.1) is 0 Å².